The highest BCUT2D eigenvalue weighted by Gasteiger charge is 2.14. The Labute approximate surface area is 164 Å². The molecule has 2 aromatic rings. The minimum Gasteiger partial charge on any atom is -0.466 e. The van der Waals surface area contributed by atoms with Crippen LogP contribution >= 0.6 is 15.9 Å². The third-order valence-corrected chi connectivity index (χ3v) is 4.06. The maximum atomic E-state index is 12.2. The van der Waals surface area contributed by atoms with Gasteiger partial charge in [-0.3, -0.25) is 4.79 Å². The summed E-state index contributed by atoms with van der Waals surface area (Å²) in [5.41, 5.74) is 1.49. The average molecular weight is 433 g/mol. The third-order valence-electron chi connectivity index (χ3n) is 3.40. The normalized spacial score (nSPS) is 10.7. The molecule has 140 valence electrons. The second kappa shape index (κ2) is 9.54. The molecule has 0 aliphatic heterocycles. The molecule has 8 heteroatoms. The Bertz CT molecular complexity index is 881. The van der Waals surface area contributed by atoms with E-state index in [2.05, 4.69) is 36.0 Å². The zero-order valence-electron chi connectivity index (χ0n) is 14.6. The summed E-state index contributed by atoms with van der Waals surface area (Å²) in [5, 5.41) is 5.58. The molecule has 0 spiro atoms. The zero-order valence-corrected chi connectivity index (χ0v) is 16.2. The van der Waals surface area contributed by atoms with Crippen molar-refractivity contribution in [2.75, 3.05) is 24.9 Å². The highest BCUT2D eigenvalue weighted by molar-refractivity contribution is 9.10. The second-order valence-electron chi connectivity index (χ2n) is 5.21. The third kappa shape index (κ3) is 5.68. The van der Waals surface area contributed by atoms with Crippen LogP contribution in [0, 0.1) is 0 Å². The predicted octanol–water partition coefficient (Wildman–Crippen LogP) is 3.34. The number of hydrogen-bond acceptors (Lipinski definition) is 6. The lowest BCUT2D eigenvalue weighted by atomic mass is 10.2. The topological polar surface area (TPSA) is 93.7 Å². The summed E-state index contributed by atoms with van der Waals surface area (Å²) < 4.78 is 9.74. The van der Waals surface area contributed by atoms with Crippen LogP contribution in [0.2, 0.25) is 0 Å². The number of anilines is 2. The van der Waals surface area contributed by atoms with Crippen molar-refractivity contribution >= 4 is 45.2 Å². The van der Waals surface area contributed by atoms with Gasteiger partial charge >= 0.3 is 11.9 Å². The summed E-state index contributed by atoms with van der Waals surface area (Å²) in [6.07, 6.45) is 0.991. The quantitative estimate of drug-likeness (QED) is 0.536. The molecule has 2 aromatic carbocycles. The van der Waals surface area contributed by atoms with Crippen molar-refractivity contribution in [2.24, 2.45) is 0 Å². The number of carbonyl (C=O) groups excluding carboxylic acids is 3. The molecule has 0 heterocycles. The average Bonchev–Trinajstić information content (AvgIpc) is 2.69. The molecule has 0 aromatic heterocycles. The summed E-state index contributed by atoms with van der Waals surface area (Å²) >= 11 is 3.37. The lowest BCUT2D eigenvalue weighted by molar-refractivity contribution is -0.138. The first-order chi connectivity index (χ1) is 12.9. The first-order valence-electron chi connectivity index (χ1n) is 7.75. The van der Waals surface area contributed by atoms with Crippen LogP contribution in [0.15, 0.2) is 64.8 Å². The van der Waals surface area contributed by atoms with Crippen LogP contribution < -0.4 is 10.6 Å². The number of amides is 1. The Morgan fingerprint density at radius 1 is 0.963 bits per heavy atom. The Balaban J connectivity index is 2.17. The fourth-order valence-corrected chi connectivity index (χ4v) is 2.54. The lowest BCUT2D eigenvalue weighted by Crippen LogP contribution is -2.16. The van der Waals surface area contributed by atoms with Gasteiger partial charge in [-0.1, -0.05) is 18.2 Å². The van der Waals surface area contributed by atoms with Crippen molar-refractivity contribution in [3.8, 4) is 0 Å². The van der Waals surface area contributed by atoms with E-state index in [4.69, 9.17) is 0 Å². The van der Waals surface area contributed by atoms with E-state index >= 15 is 0 Å². The molecule has 1 amide bonds. The number of ether oxygens (including phenoxy) is 2. The molecule has 27 heavy (non-hydrogen) atoms. The van der Waals surface area contributed by atoms with E-state index in [1.54, 1.807) is 42.5 Å². The fourth-order valence-electron chi connectivity index (χ4n) is 2.07. The number of esters is 2. The van der Waals surface area contributed by atoms with Gasteiger partial charge in [0.05, 0.1) is 26.0 Å². The van der Waals surface area contributed by atoms with E-state index in [1.165, 1.54) is 14.2 Å². The van der Waals surface area contributed by atoms with Crippen LogP contribution in [-0.2, 0) is 19.1 Å². The number of benzene rings is 2. The summed E-state index contributed by atoms with van der Waals surface area (Å²) in [6, 6.07) is 13.7. The summed E-state index contributed by atoms with van der Waals surface area (Å²) in [4.78, 5) is 35.4. The van der Waals surface area contributed by atoms with Gasteiger partial charge in [0.15, 0.2) is 0 Å². The minimum absolute atomic E-state index is 0.0858. The van der Waals surface area contributed by atoms with E-state index < -0.39 is 11.9 Å². The molecule has 0 saturated carbocycles. The van der Waals surface area contributed by atoms with Gasteiger partial charge in [0, 0.05) is 15.7 Å². The van der Waals surface area contributed by atoms with Gasteiger partial charge in [0.2, 0.25) is 0 Å². The molecule has 0 unspecified atom stereocenters. The maximum absolute atomic E-state index is 12.2. The highest BCUT2D eigenvalue weighted by atomic mass is 79.9. The molecule has 0 radical (unpaired) electrons. The SMILES string of the molecule is COC(=O)/C=C(/Nc1ccc(NC(=O)c2ccccc2)c(Br)c1)C(=O)OC. The molecule has 2 rings (SSSR count). The minimum atomic E-state index is -0.724. The Morgan fingerprint density at radius 2 is 1.67 bits per heavy atom. The van der Waals surface area contributed by atoms with Crippen LogP contribution in [0.1, 0.15) is 10.4 Å². The fraction of sp³-hybridized carbons (Fsp3) is 0.105. The smallest absolute Gasteiger partial charge is 0.354 e. The van der Waals surface area contributed by atoms with Gasteiger partial charge in [0.25, 0.3) is 5.91 Å². The largest absolute Gasteiger partial charge is 0.466 e. The van der Waals surface area contributed by atoms with Crippen molar-refractivity contribution in [1.29, 1.82) is 0 Å². The van der Waals surface area contributed by atoms with Crippen LogP contribution in [0.3, 0.4) is 0 Å². The lowest BCUT2D eigenvalue weighted by Gasteiger charge is -2.12. The van der Waals surface area contributed by atoms with Gasteiger partial charge in [-0.05, 0) is 46.3 Å². The molecule has 0 saturated heterocycles. The number of nitrogens with one attached hydrogen (secondary N) is 2. The van der Waals surface area contributed by atoms with Gasteiger partial charge in [-0.25, -0.2) is 9.59 Å². The second-order valence-corrected chi connectivity index (χ2v) is 6.07. The first kappa shape index (κ1) is 20.2. The molecular weight excluding hydrogens is 416 g/mol. The Kier molecular flexibility index (Phi) is 7.13. The van der Waals surface area contributed by atoms with Crippen LogP contribution in [0.4, 0.5) is 11.4 Å². The van der Waals surface area contributed by atoms with Gasteiger partial charge in [-0.15, -0.1) is 0 Å². The number of carbonyl (C=O) groups is 3. The van der Waals surface area contributed by atoms with Crippen LogP contribution in [-0.4, -0.2) is 32.1 Å². The van der Waals surface area contributed by atoms with Gasteiger partial charge in [-0.2, -0.15) is 0 Å². The van der Waals surface area contributed by atoms with E-state index in [0.29, 0.717) is 21.4 Å². The van der Waals surface area contributed by atoms with Crippen LogP contribution in [0.5, 0.6) is 0 Å². The van der Waals surface area contributed by atoms with Crippen LogP contribution in [0.25, 0.3) is 0 Å². The molecule has 2 N–H and O–H groups in total. The molecule has 0 bridgehead atoms. The Hall–Kier alpha value is -3.13. The number of halogens is 1. The van der Waals surface area contributed by atoms with Gasteiger partial charge in [0.1, 0.15) is 5.70 Å². The summed E-state index contributed by atoms with van der Waals surface area (Å²) in [6.45, 7) is 0. The molecule has 0 atom stereocenters. The van der Waals surface area contributed by atoms with E-state index in [1.807, 2.05) is 6.07 Å². The van der Waals surface area contributed by atoms with E-state index in [0.717, 1.165) is 6.08 Å². The molecule has 7 nitrogen and oxygen atoms in total. The van der Waals surface area contributed by atoms with Crippen molar-refractivity contribution in [2.45, 2.75) is 0 Å². The van der Waals surface area contributed by atoms with Gasteiger partial charge < -0.3 is 20.1 Å². The molecule has 0 aliphatic carbocycles. The standard InChI is InChI=1S/C19H17BrN2O5/c1-26-17(23)11-16(19(25)27-2)21-13-8-9-15(14(20)10-13)22-18(24)12-6-4-3-5-7-12/h3-11,21H,1-2H3,(H,22,24)/b16-11+. The molecule has 0 aliphatic rings. The van der Waals surface area contributed by atoms with Crippen molar-refractivity contribution in [1.82, 2.24) is 0 Å². The monoisotopic (exact) mass is 432 g/mol. The number of rotatable bonds is 6. The highest BCUT2D eigenvalue weighted by Crippen LogP contribution is 2.27. The molecular formula is C19H17BrN2O5. The van der Waals surface area contributed by atoms with Crippen molar-refractivity contribution in [3.05, 3.63) is 70.3 Å². The Morgan fingerprint density at radius 3 is 2.26 bits per heavy atom. The summed E-state index contributed by atoms with van der Waals surface area (Å²) in [7, 11) is 2.40. The predicted molar refractivity (Wildman–Crippen MR) is 104 cm³/mol. The first-order valence-corrected chi connectivity index (χ1v) is 8.55. The van der Waals surface area contributed by atoms with Crippen molar-refractivity contribution < 1.29 is 23.9 Å². The number of methoxy groups -OCH3 is 2. The van der Waals surface area contributed by atoms with E-state index in [9.17, 15) is 14.4 Å². The molecule has 0 fully saturated rings. The zero-order chi connectivity index (χ0) is 19.8. The summed E-state index contributed by atoms with van der Waals surface area (Å²) in [5.74, 6) is -1.68. The number of hydrogen-bond donors (Lipinski definition) is 2. The maximum Gasteiger partial charge on any atom is 0.354 e. The van der Waals surface area contributed by atoms with E-state index in [-0.39, 0.29) is 11.6 Å². The van der Waals surface area contributed by atoms with Crippen molar-refractivity contribution in [3.63, 3.8) is 0 Å².